The van der Waals surface area contributed by atoms with Crippen LogP contribution in [0.3, 0.4) is 0 Å². The standard InChI is InChI=1S/C13H20FNO2/c1-5-15-12(13(16-3)17-4)10-8-9(2)6-7-11(10)14/h6-8,12-13,15H,5H2,1-4H3. The third kappa shape index (κ3) is 3.49. The van der Waals surface area contributed by atoms with E-state index in [1.807, 2.05) is 19.9 Å². The van der Waals surface area contributed by atoms with Gasteiger partial charge in [-0.2, -0.15) is 0 Å². The average Bonchev–Trinajstić information content (AvgIpc) is 2.33. The number of halogens is 1. The van der Waals surface area contributed by atoms with Crippen LogP contribution in [0.4, 0.5) is 4.39 Å². The Morgan fingerprint density at radius 1 is 1.29 bits per heavy atom. The van der Waals surface area contributed by atoms with E-state index in [9.17, 15) is 4.39 Å². The predicted octanol–water partition coefficient (Wildman–Crippen LogP) is 2.40. The number of ether oxygens (including phenoxy) is 2. The number of hydrogen-bond donors (Lipinski definition) is 1. The van der Waals surface area contributed by atoms with Crippen molar-refractivity contribution in [1.29, 1.82) is 0 Å². The summed E-state index contributed by atoms with van der Waals surface area (Å²) in [5.41, 5.74) is 1.58. The fourth-order valence-electron chi connectivity index (χ4n) is 1.84. The highest BCUT2D eigenvalue weighted by Gasteiger charge is 2.24. The minimum Gasteiger partial charge on any atom is -0.354 e. The van der Waals surface area contributed by atoms with Crippen LogP contribution in [0.1, 0.15) is 24.1 Å². The van der Waals surface area contributed by atoms with Gasteiger partial charge in [0.05, 0.1) is 6.04 Å². The number of aryl methyl sites for hydroxylation is 1. The summed E-state index contributed by atoms with van der Waals surface area (Å²) in [6, 6.07) is 4.72. The van der Waals surface area contributed by atoms with Crippen LogP contribution >= 0.6 is 0 Å². The number of hydrogen-bond acceptors (Lipinski definition) is 3. The molecule has 0 radical (unpaired) electrons. The topological polar surface area (TPSA) is 30.5 Å². The van der Waals surface area contributed by atoms with E-state index in [0.717, 1.165) is 5.56 Å². The molecule has 0 fully saturated rings. The van der Waals surface area contributed by atoms with Crippen LogP contribution in [-0.2, 0) is 9.47 Å². The molecule has 0 bridgehead atoms. The highest BCUT2D eigenvalue weighted by molar-refractivity contribution is 5.27. The molecule has 3 nitrogen and oxygen atoms in total. The van der Waals surface area contributed by atoms with Gasteiger partial charge in [-0.15, -0.1) is 0 Å². The Hall–Kier alpha value is -0.970. The summed E-state index contributed by atoms with van der Waals surface area (Å²) in [6.45, 7) is 4.60. The summed E-state index contributed by atoms with van der Waals surface area (Å²) in [7, 11) is 3.10. The van der Waals surface area contributed by atoms with Gasteiger partial charge < -0.3 is 14.8 Å². The van der Waals surface area contributed by atoms with Gasteiger partial charge in [0.25, 0.3) is 0 Å². The lowest BCUT2D eigenvalue weighted by atomic mass is 10.0. The van der Waals surface area contributed by atoms with Gasteiger partial charge >= 0.3 is 0 Å². The maximum Gasteiger partial charge on any atom is 0.176 e. The van der Waals surface area contributed by atoms with Crippen molar-refractivity contribution in [1.82, 2.24) is 5.32 Å². The zero-order chi connectivity index (χ0) is 12.8. The Morgan fingerprint density at radius 2 is 1.94 bits per heavy atom. The highest BCUT2D eigenvalue weighted by Crippen LogP contribution is 2.23. The van der Waals surface area contributed by atoms with Crippen molar-refractivity contribution in [3.05, 3.63) is 35.1 Å². The van der Waals surface area contributed by atoms with Gasteiger partial charge in [-0.05, 0) is 19.5 Å². The fourth-order valence-corrected chi connectivity index (χ4v) is 1.84. The first kappa shape index (κ1) is 14.1. The molecular formula is C13H20FNO2. The zero-order valence-electron chi connectivity index (χ0n) is 10.8. The van der Waals surface area contributed by atoms with Crippen molar-refractivity contribution in [3.63, 3.8) is 0 Å². The van der Waals surface area contributed by atoms with E-state index in [1.165, 1.54) is 6.07 Å². The first-order valence-electron chi connectivity index (χ1n) is 5.69. The Balaban J connectivity index is 3.07. The molecule has 0 aliphatic rings. The van der Waals surface area contributed by atoms with E-state index in [0.29, 0.717) is 12.1 Å². The molecule has 0 aliphatic heterocycles. The van der Waals surface area contributed by atoms with Gasteiger partial charge in [0, 0.05) is 19.8 Å². The molecule has 96 valence electrons. The predicted molar refractivity (Wildman–Crippen MR) is 65.4 cm³/mol. The molecule has 1 atom stereocenters. The van der Waals surface area contributed by atoms with Crippen molar-refractivity contribution in [3.8, 4) is 0 Å². The zero-order valence-corrected chi connectivity index (χ0v) is 10.8. The lowest BCUT2D eigenvalue weighted by Crippen LogP contribution is -2.35. The SMILES string of the molecule is CCNC(c1cc(C)ccc1F)C(OC)OC. The third-order valence-electron chi connectivity index (χ3n) is 2.65. The van der Waals surface area contributed by atoms with Gasteiger partial charge in [-0.3, -0.25) is 0 Å². The highest BCUT2D eigenvalue weighted by atomic mass is 19.1. The van der Waals surface area contributed by atoms with Crippen molar-refractivity contribution >= 4 is 0 Å². The van der Waals surface area contributed by atoms with E-state index in [4.69, 9.17) is 9.47 Å². The molecule has 17 heavy (non-hydrogen) atoms. The smallest absolute Gasteiger partial charge is 0.176 e. The summed E-state index contributed by atoms with van der Waals surface area (Å²) in [5.74, 6) is -0.249. The van der Waals surface area contributed by atoms with Crippen molar-refractivity contribution < 1.29 is 13.9 Å². The monoisotopic (exact) mass is 241 g/mol. The molecule has 0 spiro atoms. The molecule has 1 unspecified atom stereocenters. The van der Waals surface area contributed by atoms with Crippen LogP contribution in [-0.4, -0.2) is 27.1 Å². The second-order valence-electron chi connectivity index (χ2n) is 3.90. The van der Waals surface area contributed by atoms with Crippen LogP contribution < -0.4 is 5.32 Å². The summed E-state index contributed by atoms with van der Waals surface area (Å²) >= 11 is 0. The normalized spacial score (nSPS) is 13.1. The quantitative estimate of drug-likeness (QED) is 0.776. The molecule has 0 aromatic heterocycles. The van der Waals surface area contributed by atoms with Gasteiger partial charge in [0.2, 0.25) is 0 Å². The summed E-state index contributed by atoms with van der Waals surface area (Å²) < 4.78 is 24.2. The van der Waals surface area contributed by atoms with Crippen LogP contribution in [0.2, 0.25) is 0 Å². The minimum absolute atomic E-state index is 0.249. The first-order valence-corrected chi connectivity index (χ1v) is 5.69. The number of nitrogens with one attached hydrogen (secondary N) is 1. The number of rotatable bonds is 6. The van der Waals surface area contributed by atoms with Crippen LogP contribution in [0.15, 0.2) is 18.2 Å². The maximum absolute atomic E-state index is 13.8. The fraction of sp³-hybridized carbons (Fsp3) is 0.538. The van der Waals surface area contributed by atoms with E-state index < -0.39 is 6.29 Å². The number of benzene rings is 1. The number of likely N-dealkylation sites (N-methyl/N-ethyl adjacent to an activating group) is 1. The van der Waals surface area contributed by atoms with Gasteiger partial charge in [-0.25, -0.2) is 4.39 Å². The largest absolute Gasteiger partial charge is 0.354 e. The lowest BCUT2D eigenvalue weighted by molar-refractivity contribution is -0.124. The Labute approximate surface area is 102 Å². The van der Waals surface area contributed by atoms with Crippen LogP contribution in [0, 0.1) is 12.7 Å². The molecule has 4 heteroatoms. The molecule has 1 aromatic rings. The second-order valence-corrected chi connectivity index (χ2v) is 3.90. The molecule has 0 heterocycles. The van der Waals surface area contributed by atoms with E-state index in [-0.39, 0.29) is 11.9 Å². The van der Waals surface area contributed by atoms with E-state index >= 15 is 0 Å². The van der Waals surface area contributed by atoms with Crippen LogP contribution in [0.5, 0.6) is 0 Å². The van der Waals surface area contributed by atoms with Crippen molar-refractivity contribution in [2.45, 2.75) is 26.2 Å². The van der Waals surface area contributed by atoms with Crippen LogP contribution in [0.25, 0.3) is 0 Å². The second kappa shape index (κ2) is 6.69. The van der Waals surface area contributed by atoms with Crippen molar-refractivity contribution in [2.75, 3.05) is 20.8 Å². The maximum atomic E-state index is 13.8. The Morgan fingerprint density at radius 3 is 2.47 bits per heavy atom. The molecule has 1 N–H and O–H groups in total. The summed E-state index contributed by atoms with van der Waals surface area (Å²) in [4.78, 5) is 0. The molecule has 1 rings (SSSR count). The molecule has 0 saturated heterocycles. The van der Waals surface area contributed by atoms with Gasteiger partial charge in [0.1, 0.15) is 5.82 Å². The molecular weight excluding hydrogens is 221 g/mol. The Bertz CT molecular complexity index is 353. The summed E-state index contributed by atoms with van der Waals surface area (Å²) in [5, 5.41) is 3.18. The molecule has 0 amide bonds. The van der Waals surface area contributed by atoms with Crippen molar-refractivity contribution in [2.24, 2.45) is 0 Å². The van der Waals surface area contributed by atoms with E-state index in [1.54, 1.807) is 20.3 Å². The summed E-state index contributed by atoms with van der Waals surface area (Å²) in [6.07, 6.45) is -0.508. The minimum atomic E-state index is -0.508. The van der Waals surface area contributed by atoms with E-state index in [2.05, 4.69) is 5.32 Å². The Kier molecular flexibility index (Phi) is 5.55. The molecule has 0 saturated carbocycles. The average molecular weight is 241 g/mol. The molecule has 1 aromatic carbocycles. The number of methoxy groups -OCH3 is 2. The third-order valence-corrected chi connectivity index (χ3v) is 2.65. The lowest BCUT2D eigenvalue weighted by Gasteiger charge is -2.26. The van der Waals surface area contributed by atoms with Gasteiger partial charge in [-0.1, -0.05) is 24.6 Å². The van der Waals surface area contributed by atoms with Gasteiger partial charge in [0.15, 0.2) is 6.29 Å². The molecule has 0 aliphatic carbocycles. The first-order chi connectivity index (χ1) is 8.13.